The van der Waals surface area contributed by atoms with Gasteiger partial charge in [0.15, 0.2) is 5.76 Å². The highest BCUT2D eigenvalue weighted by Gasteiger charge is 2.28. The van der Waals surface area contributed by atoms with E-state index in [2.05, 4.69) is 0 Å². The zero-order valence-electron chi connectivity index (χ0n) is 12.6. The maximum atomic E-state index is 12.6. The van der Waals surface area contributed by atoms with Crippen LogP contribution >= 0.6 is 11.6 Å². The molecule has 0 saturated carbocycles. The topological polar surface area (TPSA) is 42.7 Å². The second kappa shape index (κ2) is 6.15. The zero-order valence-corrected chi connectivity index (χ0v) is 13.3. The van der Waals surface area contributed by atoms with E-state index >= 15 is 0 Å². The van der Waals surface area contributed by atoms with Crippen molar-refractivity contribution in [2.24, 2.45) is 0 Å². The van der Waals surface area contributed by atoms with E-state index in [1.165, 1.54) is 0 Å². The molecule has 2 atom stereocenters. The number of carbonyl (C=O) groups is 1. The number of amides is 1. The lowest BCUT2D eigenvalue weighted by molar-refractivity contribution is -0.0592. The summed E-state index contributed by atoms with van der Waals surface area (Å²) in [5.74, 6) is 0.819. The summed E-state index contributed by atoms with van der Waals surface area (Å²) in [7, 11) is 0. The van der Waals surface area contributed by atoms with Gasteiger partial charge in [-0.05, 0) is 38.1 Å². The van der Waals surface area contributed by atoms with Crippen LogP contribution < -0.4 is 0 Å². The highest BCUT2D eigenvalue weighted by molar-refractivity contribution is 6.33. The Morgan fingerprint density at radius 1 is 1.14 bits per heavy atom. The lowest BCUT2D eigenvalue weighted by Crippen LogP contribution is -2.48. The molecule has 0 N–H and O–H groups in total. The SMILES string of the molecule is C[C@@H]1CN(C(=O)c2ccc(-c3ccccc3Cl)o2)C[C@@H](C)O1. The van der Waals surface area contributed by atoms with E-state index in [9.17, 15) is 4.79 Å². The standard InChI is InChI=1S/C17H18ClNO3/c1-11-9-19(10-12(2)21-11)17(20)16-8-7-15(22-16)13-5-3-4-6-14(13)18/h3-8,11-12H,9-10H2,1-2H3/t11-,12-/m1/s1. The summed E-state index contributed by atoms with van der Waals surface area (Å²) in [5, 5.41) is 0.601. The molecular weight excluding hydrogens is 302 g/mol. The number of rotatable bonds is 2. The number of ether oxygens (including phenoxy) is 1. The van der Waals surface area contributed by atoms with Gasteiger partial charge in [0, 0.05) is 18.7 Å². The van der Waals surface area contributed by atoms with Gasteiger partial charge in [0.05, 0.1) is 17.2 Å². The number of benzene rings is 1. The Hall–Kier alpha value is -1.78. The summed E-state index contributed by atoms with van der Waals surface area (Å²) in [6.07, 6.45) is 0.0661. The van der Waals surface area contributed by atoms with Gasteiger partial charge in [0.2, 0.25) is 0 Å². The second-order valence-corrected chi connectivity index (χ2v) is 6.02. The van der Waals surface area contributed by atoms with E-state index in [0.717, 1.165) is 5.56 Å². The van der Waals surface area contributed by atoms with Crippen LogP contribution in [-0.2, 0) is 4.74 Å². The Balaban J connectivity index is 1.82. The van der Waals surface area contributed by atoms with Crippen molar-refractivity contribution >= 4 is 17.5 Å². The van der Waals surface area contributed by atoms with Crippen molar-refractivity contribution in [3.8, 4) is 11.3 Å². The molecule has 1 aromatic heterocycles. The van der Waals surface area contributed by atoms with Gasteiger partial charge in [0.25, 0.3) is 5.91 Å². The number of carbonyl (C=O) groups excluding carboxylic acids is 1. The molecule has 5 heteroatoms. The van der Waals surface area contributed by atoms with E-state index < -0.39 is 0 Å². The number of halogens is 1. The highest BCUT2D eigenvalue weighted by Crippen LogP contribution is 2.29. The van der Waals surface area contributed by atoms with Crippen molar-refractivity contribution in [1.82, 2.24) is 4.90 Å². The average Bonchev–Trinajstić information content (AvgIpc) is 2.95. The third-order valence-corrected chi connectivity index (χ3v) is 3.99. The molecule has 0 radical (unpaired) electrons. The first-order valence-electron chi connectivity index (χ1n) is 7.34. The Morgan fingerprint density at radius 3 is 2.50 bits per heavy atom. The molecule has 0 spiro atoms. The molecule has 0 bridgehead atoms. The molecule has 1 aliphatic heterocycles. The van der Waals surface area contributed by atoms with Crippen molar-refractivity contribution in [3.05, 3.63) is 47.2 Å². The van der Waals surface area contributed by atoms with Crippen molar-refractivity contribution in [2.45, 2.75) is 26.1 Å². The minimum absolute atomic E-state index is 0.0331. The van der Waals surface area contributed by atoms with Gasteiger partial charge in [-0.3, -0.25) is 4.79 Å². The molecule has 4 nitrogen and oxygen atoms in total. The summed E-state index contributed by atoms with van der Waals surface area (Å²) >= 11 is 6.16. The van der Waals surface area contributed by atoms with Crippen LogP contribution in [0.15, 0.2) is 40.8 Å². The maximum absolute atomic E-state index is 12.6. The monoisotopic (exact) mass is 319 g/mol. The van der Waals surface area contributed by atoms with E-state index in [4.69, 9.17) is 20.8 Å². The van der Waals surface area contributed by atoms with Gasteiger partial charge >= 0.3 is 0 Å². The van der Waals surface area contributed by atoms with Crippen LogP contribution in [0.3, 0.4) is 0 Å². The van der Waals surface area contributed by atoms with Gasteiger partial charge in [-0.2, -0.15) is 0 Å². The molecule has 1 aromatic carbocycles. The van der Waals surface area contributed by atoms with Crippen LogP contribution in [-0.4, -0.2) is 36.1 Å². The third kappa shape index (κ3) is 3.03. The molecule has 116 valence electrons. The van der Waals surface area contributed by atoms with Crippen LogP contribution in [0, 0.1) is 0 Å². The Morgan fingerprint density at radius 2 is 1.82 bits per heavy atom. The molecule has 2 aromatic rings. The normalized spacial score (nSPS) is 21.9. The predicted molar refractivity (Wildman–Crippen MR) is 85.1 cm³/mol. The first-order chi connectivity index (χ1) is 10.5. The Kier molecular flexibility index (Phi) is 4.23. The van der Waals surface area contributed by atoms with E-state index in [1.807, 2.05) is 32.0 Å². The Bertz CT molecular complexity index is 672. The molecular formula is C17H18ClNO3. The van der Waals surface area contributed by atoms with E-state index in [0.29, 0.717) is 29.6 Å². The van der Waals surface area contributed by atoms with E-state index in [1.54, 1.807) is 23.1 Å². The number of nitrogens with zero attached hydrogens (tertiary/aromatic N) is 1. The van der Waals surface area contributed by atoms with Gasteiger partial charge in [-0.1, -0.05) is 23.7 Å². The molecule has 0 aliphatic carbocycles. The first-order valence-corrected chi connectivity index (χ1v) is 7.72. The van der Waals surface area contributed by atoms with Gasteiger partial charge in [0.1, 0.15) is 5.76 Å². The van der Waals surface area contributed by atoms with Crippen LogP contribution in [0.1, 0.15) is 24.4 Å². The van der Waals surface area contributed by atoms with E-state index in [-0.39, 0.29) is 18.1 Å². The zero-order chi connectivity index (χ0) is 15.7. The highest BCUT2D eigenvalue weighted by atomic mass is 35.5. The van der Waals surface area contributed by atoms with Gasteiger partial charge in [-0.25, -0.2) is 0 Å². The molecule has 1 amide bonds. The van der Waals surface area contributed by atoms with Crippen molar-refractivity contribution in [3.63, 3.8) is 0 Å². The van der Waals surface area contributed by atoms with Crippen LogP contribution in [0.2, 0.25) is 5.02 Å². The molecule has 1 aliphatic rings. The first kappa shape index (κ1) is 15.1. The Labute approximate surface area is 134 Å². The fourth-order valence-corrected chi connectivity index (χ4v) is 2.99. The quantitative estimate of drug-likeness (QED) is 0.844. The molecule has 22 heavy (non-hydrogen) atoms. The summed E-state index contributed by atoms with van der Waals surface area (Å²) in [6.45, 7) is 5.08. The lowest BCUT2D eigenvalue weighted by atomic mass is 10.2. The third-order valence-electron chi connectivity index (χ3n) is 3.66. The maximum Gasteiger partial charge on any atom is 0.289 e. The van der Waals surface area contributed by atoms with Gasteiger partial charge < -0.3 is 14.1 Å². The molecule has 1 fully saturated rings. The fourth-order valence-electron chi connectivity index (χ4n) is 2.76. The molecule has 1 saturated heterocycles. The summed E-state index contributed by atoms with van der Waals surface area (Å²) in [5.41, 5.74) is 0.784. The van der Waals surface area contributed by atoms with Crippen LogP contribution in [0.5, 0.6) is 0 Å². The molecule has 0 unspecified atom stereocenters. The van der Waals surface area contributed by atoms with Crippen molar-refractivity contribution in [2.75, 3.05) is 13.1 Å². The fraction of sp³-hybridized carbons (Fsp3) is 0.353. The number of morpholine rings is 1. The lowest BCUT2D eigenvalue weighted by Gasteiger charge is -2.34. The summed E-state index contributed by atoms with van der Waals surface area (Å²) in [4.78, 5) is 14.3. The predicted octanol–water partition coefficient (Wildman–Crippen LogP) is 3.85. The largest absolute Gasteiger partial charge is 0.451 e. The van der Waals surface area contributed by atoms with Crippen molar-refractivity contribution < 1.29 is 13.9 Å². The minimum Gasteiger partial charge on any atom is -0.451 e. The van der Waals surface area contributed by atoms with Crippen LogP contribution in [0.25, 0.3) is 11.3 Å². The summed E-state index contributed by atoms with van der Waals surface area (Å²) < 4.78 is 11.4. The summed E-state index contributed by atoms with van der Waals surface area (Å²) in [6, 6.07) is 10.9. The number of hydrogen-bond donors (Lipinski definition) is 0. The second-order valence-electron chi connectivity index (χ2n) is 5.61. The number of furan rings is 1. The molecule has 2 heterocycles. The molecule has 3 rings (SSSR count). The van der Waals surface area contributed by atoms with Crippen LogP contribution in [0.4, 0.5) is 0 Å². The minimum atomic E-state index is -0.111. The average molecular weight is 320 g/mol. The van der Waals surface area contributed by atoms with Gasteiger partial charge in [-0.15, -0.1) is 0 Å². The smallest absolute Gasteiger partial charge is 0.289 e. The van der Waals surface area contributed by atoms with Crippen molar-refractivity contribution in [1.29, 1.82) is 0 Å². The number of hydrogen-bond acceptors (Lipinski definition) is 3.